The highest BCUT2D eigenvalue weighted by atomic mass is 19.1. The number of rotatable bonds is 6. The maximum Gasteiger partial charge on any atom is 0.315 e. The third kappa shape index (κ3) is 5.80. The van der Waals surface area contributed by atoms with Crippen molar-refractivity contribution in [1.82, 2.24) is 15.5 Å². The molecular weight excluding hydrogens is 297 g/mol. The molecular formula is C17H26FN3O2. The Morgan fingerprint density at radius 1 is 1.39 bits per heavy atom. The fourth-order valence-electron chi connectivity index (χ4n) is 2.54. The van der Waals surface area contributed by atoms with Gasteiger partial charge in [-0.05, 0) is 44.0 Å². The summed E-state index contributed by atoms with van der Waals surface area (Å²) >= 11 is 0. The predicted molar refractivity (Wildman–Crippen MR) is 88.0 cm³/mol. The van der Waals surface area contributed by atoms with Crippen LogP contribution in [0.5, 0.6) is 0 Å². The summed E-state index contributed by atoms with van der Waals surface area (Å²) < 4.78 is 18.9. The molecule has 1 fully saturated rings. The molecule has 1 saturated heterocycles. The first-order valence-electron chi connectivity index (χ1n) is 8.17. The fraction of sp³-hybridized carbons (Fsp3) is 0.588. The van der Waals surface area contributed by atoms with Crippen LogP contribution in [0.25, 0.3) is 0 Å². The number of nitrogens with zero attached hydrogens (tertiary/aromatic N) is 1. The van der Waals surface area contributed by atoms with Gasteiger partial charge >= 0.3 is 6.03 Å². The van der Waals surface area contributed by atoms with E-state index in [0.717, 1.165) is 44.8 Å². The quantitative estimate of drug-likeness (QED) is 0.789. The fourth-order valence-corrected chi connectivity index (χ4v) is 2.54. The lowest BCUT2D eigenvalue weighted by Crippen LogP contribution is -2.40. The number of nitrogens with one attached hydrogen (secondary N) is 2. The largest absolute Gasteiger partial charge is 0.379 e. The van der Waals surface area contributed by atoms with Crippen LogP contribution in [0.3, 0.4) is 0 Å². The molecule has 0 saturated carbocycles. The van der Waals surface area contributed by atoms with Crippen LogP contribution in [0.15, 0.2) is 18.2 Å². The van der Waals surface area contributed by atoms with Gasteiger partial charge in [-0.3, -0.25) is 4.90 Å². The lowest BCUT2D eigenvalue weighted by atomic mass is 10.1. The standard InChI is InChI=1S/C17H26FN3O2/c1-13-4-5-15(12-16(13)18)14(2)20-17(22)19-6-3-7-21-8-10-23-11-9-21/h4-5,12,14H,3,6-11H2,1-2H3,(H2,19,20,22). The maximum absolute atomic E-state index is 13.6. The number of ether oxygens (including phenoxy) is 1. The number of aryl methyl sites for hydroxylation is 1. The summed E-state index contributed by atoms with van der Waals surface area (Å²) in [5.74, 6) is -0.248. The van der Waals surface area contributed by atoms with Crippen LogP contribution in [-0.4, -0.2) is 50.3 Å². The molecule has 1 atom stereocenters. The zero-order valence-corrected chi connectivity index (χ0v) is 13.9. The first kappa shape index (κ1) is 17.7. The number of amides is 2. The van der Waals surface area contributed by atoms with Crippen LogP contribution in [0.1, 0.15) is 30.5 Å². The number of hydrogen-bond donors (Lipinski definition) is 2. The number of carbonyl (C=O) groups is 1. The lowest BCUT2D eigenvalue weighted by molar-refractivity contribution is 0.0375. The van der Waals surface area contributed by atoms with Crippen LogP contribution in [0, 0.1) is 12.7 Å². The number of hydrogen-bond acceptors (Lipinski definition) is 3. The first-order valence-corrected chi connectivity index (χ1v) is 8.17. The second-order valence-corrected chi connectivity index (χ2v) is 5.94. The van der Waals surface area contributed by atoms with Crippen molar-refractivity contribution in [2.75, 3.05) is 39.4 Å². The van der Waals surface area contributed by atoms with Crippen molar-refractivity contribution in [2.24, 2.45) is 0 Å². The van der Waals surface area contributed by atoms with Gasteiger partial charge in [-0.2, -0.15) is 0 Å². The zero-order valence-electron chi connectivity index (χ0n) is 13.9. The highest BCUT2D eigenvalue weighted by molar-refractivity contribution is 5.74. The minimum atomic E-state index is -0.248. The molecule has 1 unspecified atom stereocenters. The molecule has 2 N–H and O–H groups in total. The monoisotopic (exact) mass is 323 g/mol. The Balaban J connectivity index is 1.66. The maximum atomic E-state index is 13.6. The van der Waals surface area contributed by atoms with E-state index in [1.807, 2.05) is 13.0 Å². The van der Waals surface area contributed by atoms with E-state index in [-0.39, 0.29) is 17.9 Å². The molecule has 0 aromatic heterocycles. The van der Waals surface area contributed by atoms with Gasteiger partial charge in [-0.1, -0.05) is 12.1 Å². The molecule has 0 bridgehead atoms. The summed E-state index contributed by atoms with van der Waals surface area (Å²) in [5.41, 5.74) is 1.37. The smallest absolute Gasteiger partial charge is 0.315 e. The zero-order chi connectivity index (χ0) is 16.7. The van der Waals surface area contributed by atoms with Gasteiger partial charge in [0.2, 0.25) is 0 Å². The third-order valence-electron chi connectivity index (χ3n) is 4.08. The van der Waals surface area contributed by atoms with Crippen LogP contribution < -0.4 is 10.6 Å². The molecule has 0 aliphatic carbocycles. The van der Waals surface area contributed by atoms with Crippen molar-refractivity contribution in [3.05, 3.63) is 35.1 Å². The average molecular weight is 323 g/mol. The normalized spacial score (nSPS) is 16.8. The number of carbonyl (C=O) groups excluding carboxylic acids is 1. The average Bonchev–Trinajstić information content (AvgIpc) is 2.55. The van der Waals surface area contributed by atoms with E-state index in [9.17, 15) is 9.18 Å². The Morgan fingerprint density at radius 2 is 2.13 bits per heavy atom. The van der Waals surface area contributed by atoms with E-state index in [1.165, 1.54) is 6.07 Å². The van der Waals surface area contributed by atoms with Gasteiger partial charge in [-0.25, -0.2) is 9.18 Å². The van der Waals surface area contributed by atoms with Gasteiger partial charge in [0.1, 0.15) is 5.82 Å². The van der Waals surface area contributed by atoms with Crippen molar-refractivity contribution < 1.29 is 13.9 Å². The minimum Gasteiger partial charge on any atom is -0.379 e. The number of benzene rings is 1. The van der Waals surface area contributed by atoms with Crippen molar-refractivity contribution in [1.29, 1.82) is 0 Å². The third-order valence-corrected chi connectivity index (χ3v) is 4.08. The molecule has 1 aliphatic heterocycles. The Bertz CT molecular complexity index is 519. The van der Waals surface area contributed by atoms with Crippen molar-refractivity contribution in [3.63, 3.8) is 0 Å². The summed E-state index contributed by atoms with van der Waals surface area (Å²) in [6, 6.07) is 4.58. The Hall–Kier alpha value is -1.66. The van der Waals surface area contributed by atoms with Crippen LogP contribution in [-0.2, 0) is 4.74 Å². The Labute approximate surface area is 137 Å². The second kappa shape index (κ2) is 8.84. The topological polar surface area (TPSA) is 53.6 Å². The summed E-state index contributed by atoms with van der Waals surface area (Å²) in [6.45, 7) is 8.65. The van der Waals surface area contributed by atoms with Crippen molar-refractivity contribution >= 4 is 6.03 Å². The summed E-state index contributed by atoms with van der Waals surface area (Å²) in [7, 11) is 0. The van der Waals surface area contributed by atoms with Crippen LogP contribution >= 0.6 is 0 Å². The molecule has 2 rings (SSSR count). The molecule has 1 aliphatic rings. The molecule has 0 radical (unpaired) electrons. The van der Waals surface area contributed by atoms with E-state index in [0.29, 0.717) is 12.1 Å². The van der Waals surface area contributed by atoms with Gasteiger partial charge in [-0.15, -0.1) is 0 Å². The predicted octanol–water partition coefficient (Wildman–Crippen LogP) is 2.22. The van der Waals surface area contributed by atoms with Crippen molar-refractivity contribution in [3.8, 4) is 0 Å². The highest BCUT2D eigenvalue weighted by Gasteiger charge is 2.12. The molecule has 1 aromatic rings. The molecule has 2 amide bonds. The minimum absolute atomic E-state index is 0.222. The highest BCUT2D eigenvalue weighted by Crippen LogP contribution is 2.16. The van der Waals surface area contributed by atoms with E-state index in [1.54, 1.807) is 13.0 Å². The van der Waals surface area contributed by atoms with Gasteiger partial charge < -0.3 is 15.4 Å². The Kier molecular flexibility index (Phi) is 6.80. The van der Waals surface area contributed by atoms with Crippen LogP contribution in [0.2, 0.25) is 0 Å². The van der Waals surface area contributed by atoms with Gasteiger partial charge in [0.05, 0.1) is 19.3 Å². The molecule has 1 aromatic carbocycles. The summed E-state index contributed by atoms with van der Waals surface area (Å²) in [6.07, 6.45) is 0.904. The van der Waals surface area contributed by atoms with E-state index < -0.39 is 0 Å². The van der Waals surface area contributed by atoms with E-state index in [2.05, 4.69) is 15.5 Å². The SMILES string of the molecule is Cc1ccc(C(C)NC(=O)NCCCN2CCOCC2)cc1F. The van der Waals surface area contributed by atoms with Gasteiger partial charge in [0.25, 0.3) is 0 Å². The second-order valence-electron chi connectivity index (χ2n) is 5.94. The van der Waals surface area contributed by atoms with Gasteiger partial charge in [0.15, 0.2) is 0 Å². The van der Waals surface area contributed by atoms with E-state index >= 15 is 0 Å². The molecule has 23 heavy (non-hydrogen) atoms. The number of halogens is 1. The molecule has 128 valence electrons. The molecule has 5 nitrogen and oxygen atoms in total. The van der Waals surface area contributed by atoms with Gasteiger partial charge in [0, 0.05) is 19.6 Å². The molecule has 0 spiro atoms. The Morgan fingerprint density at radius 3 is 2.83 bits per heavy atom. The van der Waals surface area contributed by atoms with E-state index in [4.69, 9.17) is 4.74 Å². The summed E-state index contributed by atoms with van der Waals surface area (Å²) in [5, 5.41) is 5.68. The number of morpholine rings is 1. The molecule has 6 heteroatoms. The van der Waals surface area contributed by atoms with Crippen molar-refractivity contribution in [2.45, 2.75) is 26.3 Å². The lowest BCUT2D eigenvalue weighted by Gasteiger charge is -2.26. The molecule has 1 heterocycles. The first-order chi connectivity index (χ1) is 11.1. The summed E-state index contributed by atoms with van der Waals surface area (Å²) in [4.78, 5) is 14.2. The number of urea groups is 1. The van der Waals surface area contributed by atoms with Crippen LogP contribution in [0.4, 0.5) is 9.18 Å².